The summed E-state index contributed by atoms with van der Waals surface area (Å²) < 4.78 is 5.44. The molecule has 0 aromatic heterocycles. The summed E-state index contributed by atoms with van der Waals surface area (Å²) in [4.78, 5) is 59.0. The van der Waals surface area contributed by atoms with Crippen molar-refractivity contribution in [1.29, 1.82) is 0 Å². The summed E-state index contributed by atoms with van der Waals surface area (Å²) in [6.45, 7) is 0.555. The third-order valence-corrected chi connectivity index (χ3v) is 9.31. The van der Waals surface area contributed by atoms with Crippen molar-refractivity contribution in [2.24, 2.45) is 5.92 Å². The molecule has 10 nitrogen and oxygen atoms in total. The summed E-state index contributed by atoms with van der Waals surface area (Å²) in [5, 5.41) is 11.9. The van der Waals surface area contributed by atoms with Gasteiger partial charge in [0, 0.05) is 42.4 Å². The Kier molecular flexibility index (Phi) is 5.72. The second-order valence-electron chi connectivity index (χ2n) is 11.1. The highest BCUT2D eigenvalue weighted by Crippen LogP contribution is 2.62. The topological polar surface area (TPSA) is 113 Å². The summed E-state index contributed by atoms with van der Waals surface area (Å²) in [6.07, 6.45) is 0.811. The van der Waals surface area contributed by atoms with E-state index in [1.807, 2.05) is 60.7 Å². The summed E-state index contributed by atoms with van der Waals surface area (Å²) in [5.41, 5.74) is 0.935. The number of carbonyl (C=O) groups excluding carboxylic acids is 3. The highest BCUT2D eigenvalue weighted by atomic mass is 16.6. The summed E-state index contributed by atoms with van der Waals surface area (Å²) in [7, 11) is 1.64. The number of nitro groups is 1. The number of amides is 3. The number of benzene rings is 3. The molecule has 3 saturated heterocycles. The molecular formula is C31H28N4O6. The Labute approximate surface area is 236 Å². The number of fused-ring (bicyclic) bond motifs is 4. The third kappa shape index (κ3) is 3.43. The van der Waals surface area contributed by atoms with Crippen LogP contribution in [-0.2, 0) is 19.9 Å². The molecule has 4 aliphatic heterocycles. The zero-order valence-corrected chi connectivity index (χ0v) is 22.4. The Balaban J connectivity index is 1.47. The molecule has 0 unspecified atom stereocenters. The second-order valence-corrected chi connectivity index (χ2v) is 11.1. The molecule has 0 N–H and O–H groups in total. The van der Waals surface area contributed by atoms with E-state index in [-0.39, 0.29) is 24.2 Å². The number of nitro benzene ring substituents is 1. The first-order chi connectivity index (χ1) is 19.9. The van der Waals surface area contributed by atoms with Gasteiger partial charge in [-0.2, -0.15) is 0 Å². The van der Waals surface area contributed by atoms with Crippen molar-refractivity contribution in [2.75, 3.05) is 25.1 Å². The number of carbonyl (C=O) groups is 3. The van der Waals surface area contributed by atoms with Crippen LogP contribution in [-0.4, -0.2) is 58.9 Å². The summed E-state index contributed by atoms with van der Waals surface area (Å²) in [5.74, 6) is -2.28. The first-order valence-electron chi connectivity index (χ1n) is 13.8. The van der Waals surface area contributed by atoms with Crippen LogP contribution < -0.4 is 4.90 Å². The van der Waals surface area contributed by atoms with Crippen LogP contribution in [0.3, 0.4) is 0 Å². The number of rotatable bonds is 4. The average Bonchev–Trinajstić information content (AvgIpc) is 3.74. The molecule has 3 aromatic carbocycles. The minimum Gasteiger partial charge on any atom is -0.446 e. The average molecular weight is 553 g/mol. The smallest absolute Gasteiger partial charge is 0.417 e. The first-order valence-corrected chi connectivity index (χ1v) is 13.8. The Morgan fingerprint density at radius 1 is 1.00 bits per heavy atom. The number of non-ortho nitro benzene ring substituents is 1. The fourth-order valence-electron chi connectivity index (χ4n) is 7.72. The van der Waals surface area contributed by atoms with Crippen molar-refractivity contribution in [3.05, 3.63) is 106 Å². The van der Waals surface area contributed by atoms with Crippen molar-refractivity contribution in [3.8, 4) is 0 Å². The Bertz CT molecular complexity index is 1580. The van der Waals surface area contributed by atoms with Crippen molar-refractivity contribution < 1.29 is 24.0 Å². The van der Waals surface area contributed by atoms with Crippen LogP contribution in [0.1, 0.15) is 41.5 Å². The Morgan fingerprint density at radius 3 is 2.37 bits per heavy atom. The molecule has 0 aliphatic carbocycles. The molecule has 4 heterocycles. The van der Waals surface area contributed by atoms with Crippen LogP contribution in [0.5, 0.6) is 0 Å². The number of cyclic esters (lactones) is 1. The van der Waals surface area contributed by atoms with E-state index in [4.69, 9.17) is 4.74 Å². The molecule has 0 saturated carbocycles. The van der Waals surface area contributed by atoms with E-state index < -0.39 is 40.3 Å². The van der Waals surface area contributed by atoms with Gasteiger partial charge in [0.2, 0.25) is 5.91 Å². The summed E-state index contributed by atoms with van der Waals surface area (Å²) >= 11 is 0. The highest BCUT2D eigenvalue weighted by molar-refractivity contribution is 6.12. The lowest BCUT2D eigenvalue weighted by Crippen LogP contribution is -2.56. The molecule has 3 fully saturated rings. The van der Waals surface area contributed by atoms with E-state index in [1.165, 1.54) is 21.9 Å². The molecule has 4 aliphatic rings. The normalized spacial score (nSPS) is 28.7. The zero-order valence-electron chi connectivity index (χ0n) is 22.4. The number of likely N-dealkylation sites (N-methyl/N-ethyl adjacent to an activating group) is 1. The molecule has 1 spiro atoms. The van der Waals surface area contributed by atoms with Gasteiger partial charge in [0.05, 0.1) is 10.8 Å². The fraction of sp³-hybridized carbons (Fsp3) is 0.323. The number of imide groups is 1. The van der Waals surface area contributed by atoms with Gasteiger partial charge in [-0.3, -0.25) is 24.6 Å². The zero-order chi connectivity index (χ0) is 28.5. The number of anilines is 1. The van der Waals surface area contributed by atoms with Crippen molar-refractivity contribution in [1.82, 2.24) is 9.80 Å². The lowest BCUT2D eigenvalue weighted by molar-refractivity contribution is -0.385. The van der Waals surface area contributed by atoms with Gasteiger partial charge in [-0.15, -0.1) is 0 Å². The monoisotopic (exact) mass is 552 g/mol. The molecule has 0 bridgehead atoms. The highest BCUT2D eigenvalue weighted by Gasteiger charge is 2.72. The predicted molar refractivity (Wildman–Crippen MR) is 148 cm³/mol. The lowest BCUT2D eigenvalue weighted by atomic mass is 9.71. The number of hydrogen-bond donors (Lipinski definition) is 0. The van der Waals surface area contributed by atoms with Gasteiger partial charge >= 0.3 is 6.09 Å². The van der Waals surface area contributed by atoms with Gasteiger partial charge in [-0.1, -0.05) is 60.7 Å². The minimum absolute atomic E-state index is 0.00730. The first kappa shape index (κ1) is 25.4. The number of ether oxygens (including phenoxy) is 1. The van der Waals surface area contributed by atoms with Gasteiger partial charge in [-0.05, 0) is 36.6 Å². The molecule has 3 aromatic rings. The van der Waals surface area contributed by atoms with E-state index in [9.17, 15) is 24.5 Å². The number of nitrogens with zero attached hydrogens (tertiary/aromatic N) is 4. The minimum atomic E-state index is -1.51. The van der Waals surface area contributed by atoms with Gasteiger partial charge in [-0.25, -0.2) is 9.69 Å². The molecule has 7 rings (SSSR count). The molecule has 0 radical (unpaired) electrons. The maximum absolute atomic E-state index is 15.0. The summed E-state index contributed by atoms with van der Waals surface area (Å²) in [6, 6.07) is 22.4. The van der Waals surface area contributed by atoms with Crippen LogP contribution in [0.2, 0.25) is 0 Å². The molecule has 41 heavy (non-hydrogen) atoms. The largest absolute Gasteiger partial charge is 0.446 e. The van der Waals surface area contributed by atoms with Crippen molar-refractivity contribution in [2.45, 2.75) is 36.4 Å². The Hall–Kier alpha value is -4.57. The maximum atomic E-state index is 15.0. The second kappa shape index (κ2) is 9.24. The van der Waals surface area contributed by atoms with E-state index in [0.717, 1.165) is 24.0 Å². The van der Waals surface area contributed by atoms with Crippen LogP contribution >= 0.6 is 0 Å². The van der Waals surface area contributed by atoms with Crippen LogP contribution in [0.25, 0.3) is 0 Å². The van der Waals surface area contributed by atoms with Gasteiger partial charge in [0.25, 0.3) is 11.6 Å². The van der Waals surface area contributed by atoms with E-state index in [0.29, 0.717) is 17.8 Å². The molecular weight excluding hydrogens is 524 g/mol. The molecule has 3 amide bonds. The van der Waals surface area contributed by atoms with Crippen LogP contribution in [0.4, 0.5) is 16.2 Å². The number of hydrogen-bond acceptors (Lipinski definition) is 7. The lowest BCUT2D eigenvalue weighted by Gasteiger charge is -2.38. The van der Waals surface area contributed by atoms with Crippen LogP contribution in [0.15, 0.2) is 78.9 Å². The van der Waals surface area contributed by atoms with Crippen molar-refractivity contribution >= 4 is 29.3 Å². The maximum Gasteiger partial charge on any atom is 0.417 e. The van der Waals surface area contributed by atoms with E-state index in [1.54, 1.807) is 13.1 Å². The van der Waals surface area contributed by atoms with E-state index >= 15 is 0 Å². The quantitative estimate of drug-likeness (QED) is 0.349. The fourth-order valence-corrected chi connectivity index (χ4v) is 7.72. The van der Waals surface area contributed by atoms with Crippen LogP contribution in [0, 0.1) is 16.0 Å². The van der Waals surface area contributed by atoms with E-state index in [2.05, 4.69) is 4.90 Å². The van der Waals surface area contributed by atoms with Gasteiger partial charge in [0.1, 0.15) is 18.2 Å². The van der Waals surface area contributed by atoms with Gasteiger partial charge < -0.3 is 9.64 Å². The molecule has 208 valence electrons. The Morgan fingerprint density at radius 2 is 1.68 bits per heavy atom. The van der Waals surface area contributed by atoms with Gasteiger partial charge in [0.15, 0.2) is 0 Å². The third-order valence-electron chi connectivity index (χ3n) is 9.31. The SMILES string of the molecule is CN1C(=O)[C@]2(c3cc([N+](=O)[O-])ccc31)[C@@H](C(=O)N1C(=O)OC[C@@H]1c1ccccc1)[C@H](c1ccccc1)[C@H]1CCCN12. The molecule has 10 heteroatoms. The standard InChI is InChI=1S/C31H28N4O6/c1-32-23-15-14-21(35(39)40)17-22(23)31(29(32)37)27(26(20-11-6-3-7-12-20)24-13-8-16-33(24)31)28(36)34-25(18-41-30(34)38)19-9-4-2-5-10-19/h2-7,9-12,14-15,17,24-27H,8,13,16,18H2,1H3/t24-,25-,26-,27-,31+/m1/s1. The predicted octanol–water partition coefficient (Wildman–Crippen LogP) is 4.36. The molecule has 5 atom stereocenters. The van der Waals surface area contributed by atoms with Crippen molar-refractivity contribution in [3.63, 3.8) is 0 Å².